The second-order valence-corrected chi connectivity index (χ2v) is 14.2. The molecule has 218 valence electrons. The van der Waals surface area contributed by atoms with Crippen molar-refractivity contribution in [1.82, 2.24) is 8.61 Å². The molecule has 0 bridgehead atoms. The molecule has 0 spiro atoms. The molecule has 0 N–H and O–H groups in total. The lowest BCUT2D eigenvalue weighted by molar-refractivity contribution is 0.354. The predicted octanol–water partition coefficient (Wildman–Crippen LogP) is 5.41. The number of thiophene rings is 1. The van der Waals surface area contributed by atoms with Crippen LogP contribution in [0.25, 0.3) is 0 Å². The average Bonchev–Trinajstić information content (AvgIpc) is 3.51. The van der Waals surface area contributed by atoms with E-state index in [1.807, 2.05) is 60.0 Å². The molecule has 8 nitrogen and oxygen atoms in total. The molecule has 11 heteroatoms. The smallest absolute Gasteiger partial charge is 0.243 e. The van der Waals surface area contributed by atoms with E-state index in [0.717, 1.165) is 16.0 Å². The third kappa shape index (κ3) is 7.35. The molecule has 1 aromatic heterocycles. The molecular weight excluding hydrogens is 581 g/mol. The number of hydrogen-bond donors (Lipinski definition) is 0. The lowest BCUT2D eigenvalue weighted by Crippen LogP contribution is -2.32. The lowest BCUT2D eigenvalue weighted by atomic mass is 10.1. The summed E-state index contributed by atoms with van der Waals surface area (Å²) in [5, 5.41) is 1.91. The van der Waals surface area contributed by atoms with Gasteiger partial charge in [-0.1, -0.05) is 49.4 Å². The van der Waals surface area contributed by atoms with Crippen LogP contribution in [0.2, 0.25) is 0 Å². The van der Waals surface area contributed by atoms with E-state index in [4.69, 9.17) is 9.47 Å². The van der Waals surface area contributed by atoms with E-state index in [0.29, 0.717) is 17.9 Å². The Morgan fingerprint density at radius 2 is 1.32 bits per heavy atom. The Balaban J connectivity index is 1.57. The Morgan fingerprint density at radius 3 is 1.88 bits per heavy atom. The fourth-order valence-corrected chi connectivity index (χ4v) is 8.04. The summed E-state index contributed by atoms with van der Waals surface area (Å²) in [6, 6.07) is 24.1. The van der Waals surface area contributed by atoms with Crippen molar-refractivity contribution in [2.75, 3.05) is 27.3 Å². The van der Waals surface area contributed by atoms with Crippen LogP contribution in [0, 0.1) is 0 Å². The summed E-state index contributed by atoms with van der Waals surface area (Å²) in [5.74, 6) is 1.17. The monoisotopic (exact) mass is 614 g/mol. The van der Waals surface area contributed by atoms with Crippen LogP contribution >= 0.6 is 11.3 Å². The first kappa shape index (κ1) is 30.7. The topological polar surface area (TPSA) is 93.2 Å². The molecule has 0 aliphatic rings. The Kier molecular flexibility index (Phi) is 10.2. The number of methoxy groups -OCH3 is 2. The molecule has 0 atom stereocenters. The number of benzene rings is 3. The number of hydrogen-bond acceptors (Lipinski definition) is 7. The minimum atomic E-state index is -3.94. The van der Waals surface area contributed by atoms with Crippen molar-refractivity contribution in [3.05, 3.63) is 106 Å². The van der Waals surface area contributed by atoms with Crippen LogP contribution in [0.15, 0.2) is 100 Å². The fraction of sp³-hybridized carbons (Fsp3) is 0.267. The Hall–Kier alpha value is -3.22. The summed E-state index contributed by atoms with van der Waals surface area (Å²) in [6.45, 7) is 2.71. The van der Waals surface area contributed by atoms with Gasteiger partial charge in [0, 0.05) is 31.1 Å². The van der Waals surface area contributed by atoms with Gasteiger partial charge in [0.05, 0.1) is 24.0 Å². The zero-order valence-electron chi connectivity index (χ0n) is 23.3. The fourth-order valence-electron chi connectivity index (χ4n) is 4.39. The van der Waals surface area contributed by atoms with Gasteiger partial charge >= 0.3 is 0 Å². The van der Waals surface area contributed by atoms with Gasteiger partial charge in [-0.25, -0.2) is 16.8 Å². The van der Waals surface area contributed by atoms with E-state index in [1.165, 1.54) is 44.2 Å². The normalized spacial score (nSPS) is 12.1. The van der Waals surface area contributed by atoms with Gasteiger partial charge in [-0.3, -0.25) is 0 Å². The molecule has 1 heterocycles. The molecule has 4 rings (SSSR count). The quantitative estimate of drug-likeness (QED) is 0.189. The molecule has 0 saturated carbocycles. The van der Waals surface area contributed by atoms with Crippen molar-refractivity contribution in [3.63, 3.8) is 0 Å². The van der Waals surface area contributed by atoms with Crippen molar-refractivity contribution in [2.24, 2.45) is 0 Å². The van der Waals surface area contributed by atoms with Crippen LogP contribution in [0.3, 0.4) is 0 Å². The molecule has 0 aliphatic heterocycles. The van der Waals surface area contributed by atoms with Gasteiger partial charge in [0.15, 0.2) is 11.5 Å². The van der Waals surface area contributed by atoms with Crippen molar-refractivity contribution < 1.29 is 26.3 Å². The zero-order valence-corrected chi connectivity index (χ0v) is 25.7. The van der Waals surface area contributed by atoms with E-state index in [-0.39, 0.29) is 36.0 Å². The SMILES string of the molecule is CCN(Cc1ccccc1)S(=O)(=O)c1ccc(S(=O)(=O)N(CCc2ccc(OC)c(OC)c2)Cc2cccs2)cc1. The summed E-state index contributed by atoms with van der Waals surface area (Å²) in [6.07, 6.45) is 0.447. The van der Waals surface area contributed by atoms with Gasteiger partial charge in [-0.2, -0.15) is 8.61 Å². The average molecular weight is 615 g/mol. The first-order valence-corrected chi connectivity index (χ1v) is 16.8. The Morgan fingerprint density at radius 1 is 0.683 bits per heavy atom. The lowest BCUT2D eigenvalue weighted by Gasteiger charge is -2.23. The summed E-state index contributed by atoms with van der Waals surface area (Å²) >= 11 is 1.48. The van der Waals surface area contributed by atoms with Crippen molar-refractivity contribution in [2.45, 2.75) is 36.2 Å². The van der Waals surface area contributed by atoms with Crippen LogP contribution in [-0.4, -0.2) is 52.8 Å². The second kappa shape index (κ2) is 13.6. The highest BCUT2D eigenvalue weighted by atomic mass is 32.2. The van der Waals surface area contributed by atoms with Gasteiger partial charge in [-0.05, 0) is 65.4 Å². The van der Waals surface area contributed by atoms with Crippen LogP contribution in [-0.2, 0) is 39.6 Å². The van der Waals surface area contributed by atoms with E-state index >= 15 is 0 Å². The van der Waals surface area contributed by atoms with Gasteiger partial charge in [0.2, 0.25) is 20.0 Å². The number of nitrogens with zero attached hydrogens (tertiary/aromatic N) is 2. The minimum Gasteiger partial charge on any atom is -0.493 e. The van der Waals surface area contributed by atoms with E-state index < -0.39 is 20.0 Å². The molecule has 0 aliphatic carbocycles. The van der Waals surface area contributed by atoms with Gasteiger partial charge in [-0.15, -0.1) is 11.3 Å². The molecule has 41 heavy (non-hydrogen) atoms. The highest BCUT2D eigenvalue weighted by Gasteiger charge is 2.28. The van der Waals surface area contributed by atoms with Gasteiger partial charge in [0.25, 0.3) is 0 Å². The van der Waals surface area contributed by atoms with E-state index in [1.54, 1.807) is 27.2 Å². The molecular formula is C30H34N2O6S3. The third-order valence-electron chi connectivity index (χ3n) is 6.66. The molecule has 0 saturated heterocycles. The standard InChI is InChI=1S/C30H34N2O6S3/c1-4-31(22-25-9-6-5-7-10-25)40(33,34)27-13-15-28(16-14-27)41(35,36)32(23-26-11-8-20-39-26)19-18-24-12-17-29(37-2)30(21-24)38-3/h5-17,20-21H,4,18-19,22-23H2,1-3H3. The first-order valence-electron chi connectivity index (χ1n) is 13.1. The number of ether oxygens (including phenoxy) is 2. The first-order chi connectivity index (χ1) is 19.7. The molecule has 0 unspecified atom stereocenters. The highest BCUT2D eigenvalue weighted by molar-refractivity contribution is 7.89. The van der Waals surface area contributed by atoms with Crippen molar-refractivity contribution in [3.8, 4) is 11.5 Å². The summed E-state index contributed by atoms with van der Waals surface area (Å²) in [7, 11) is -4.65. The maximum atomic E-state index is 13.8. The maximum absolute atomic E-state index is 13.8. The van der Waals surface area contributed by atoms with E-state index in [2.05, 4.69) is 0 Å². The molecule has 0 amide bonds. The van der Waals surface area contributed by atoms with Crippen LogP contribution in [0.5, 0.6) is 11.5 Å². The minimum absolute atomic E-state index is 0.0337. The predicted molar refractivity (Wildman–Crippen MR) is 161 cm³/mol. The number of sulfonamides is 2. The largest absolute Gasteiger partial charge is 0.493 e. The zero-order chi connectivity index (χ0) is 29.5. The summed E-state index contributed by atoms with van der Waals surface area (Å²) in [4.78, 5) is 0.982. The Bertz CT molecular complexity index is 1620. The molecule has 0 radical (unpaired) electrons. The van der Waals surface area contributed by atoms with Crippen molar-refractivity contribution >= 4 is 31.4 Å². The second-order valence-electron chi connectivity index (χ2n) is 9.25. The van der Waals surface area contributed by atoms with E-state index in [9.17, 15) is 16.8 Å². The van der Waals surface area contributed by atoms with Crippen molar-refractivity contribution in [1.29, 1.82) is 0 Å². The van der Waals surface area contributed by atoms with Crippen LogP contribution in [0.4, 0.5) is 0 Å². The Labute approximate surface area is 246 Å². The highest BCUT2D eigenvalue weighted by Crippen LogP contribution is 2.29. The summed E-state index contributed by atoms with van der Waals surface area (Å²) in [5.41, 5.74) is 1.77. The summed E-state index contributed by atoms with van der Waals surface area (Å²) < 4.78 is 67.9. The molecule has 4 aromatic rings. The van der Waals surface area contributed by atoms with Crippen LogP contribution < -0.4 is 9.47 Å². The molecule has 0 fully saturated rings. The maximum Gasteiger partial charge on any atom is 0.243 e. The number of rotatable bonds is 14. The van der Waals surface area contributed by atoms with Gasteiger partial charge in [0.1, 0.15) is 0 Å². The van der Waals surface area contributed by atoms with Gasteiger partial charge < -0.3 is 9.47 Å². The third-order valence-corrected chi connectivity index (χ3v) is 11.3. The molecule has 3 aromatic carbocycles. The van der Waals surface area contributed by atoms with Crippen LogP contribution in [0.1, 0.15) is 22.9 Å².